The fraction of sp³-hybridized carbons (Fsp3) is 0.571. The highest BCUT2D eigenvalue weighted by molar-refractivity contribution is 7.89. The van der Waals surface area contributed by atoms with Gasteiger partial charge < -0.3 is 10.5 Å². The number of nitrogens with zero attached hydrogens (tertiary/aromatic N) is 1. The molecule has 1 heterocycles. The third-order valence-electron chi connectivity index (χ3n) is 4.18. The van der Waals surface area contributed by atoms with E-state index in [4.69, 9.17) is 10.5 Å². The van der Waals surface area contributed by atoms with Crippen LogP contribution in [0.2, 0.25) is 0 Å². The minimum atomic E-state index is -3.27. The lowest BCUT2D eigenvalue weighted by molar-refractivity contribution is 0.0729. The van der Waals surface area contributed by atoms with Crippen LogP contribution in [0.25, 0.3) is 0 Å². The smallest absolute Gasteiger partial charge is 0.214 e. The monoisotopic (exact) mass is 296 g/mol. The van der Waals surface area contributed by atoms with Crippen molar-refractivity contribution in [3.63, 3.8) is 0 Å². The second kappa shape index (κ2) is 5.44. The number of sulfonamides is 1. The maximum Gasteiger partial charge on any atom is 0.214 e. The van der Waals surface area contributed by atoms with Crippen LogP contribution in [0.5, 0.6) is 0 Å². The van der Waals surface area contributed by atoms with E-state index < -0.39 is 10.0 Å². The molecule has 5 nitrogen and oxygen atoms in total. The summed E-state index contributed by atoms with van der Waals surface area (Å²) in [4.78, 5) is 0. The average Bonchev–Trinajstić information content (AvgIpc) is 2.76. The number of ether oxygens (including phenoxy) is 1. The molecule has 2 aliphatic rings. The summed E-state index contributed by atoms with van der Waals surface area (Å²) in [7, 11) is -3.27. The first-order valence-corrected chi connectivity index (χ1v) is 8.58. The van der Waals surface area contributed by atoms with Gasteiger partial charge in [-0.05, 0) is 17.5 Å². The maximum atomic E-state index is 12.5. The van der Waals surface area contributed by atoms with Crippen molar-refractivity contribution < 1.29 is 13.2 Å². The Kier molecular flexibility index (Phi) is 3.81. The van der Waals surface area contributed by atoms with Crippen LogP contribution in [0.15, 0.2) is 24.3 Å². The van der Waals surface area contributed by atoms with Gasteiger partial charge in [-0.15, -0.1) is 0 Å². The molecule has 0 unspecified atom stereocenters. The van der Waals surface area contributed by atoms with Crippen LogP contribution in [0.4, 0.5) is 0 Å². The number of hydrogen-bond acceptors (Lipinski definition) is 4. The molecule has 1 aliphatic heterocycles. The minimum absolute atomic E-state index is 0.0981. The van der Waals surface area contributed by atoms with E-state index in [0.29, 0.717) is 26.3 Å². The fourth-order valence-corrected chi connectivity index (χ4v) is 4.88. The van der Waals surface area contributed by atoms with Crippen LogP contribution in [-0.4, -0.2) is 50.8 Å². The molecule has 0 saturated carbocycles. The van der Waals surface area contributed by atoms with Crippen LogP contribution in [-0.2, 0) is 21.2 Å². The first-order chi connectivity index (χ1) is 9.58. The normalized spacial score (nSPS) is 27.4. The first-order valence-electron chi connectivity index (χ1n) is 6.97. The Morgan fingerprint density at radius 2 is 1.95 bits per heavy atom. The molecule has 110 valence electrons. The highest BCUT2D eigenvalue weighted by Crippen LogP contribution is 2.33. The lowest BCUT2D eigenvalue weighted by atomic mass is 10.0. The van der Waals surface area contributed by atoms with E-state index in [9.17, 15) is 8.42 Å². The van der Waals surface area contributed by atoms with E-state index in [1.807, 2.05) is 24.3 Å². The Labute approximate surface area is 119 Å². The summed E-state index contributed by atoms with van der Waals surface area (Å²) in [5.74, 6) is 0.00425. The van der Waals surface area contributed by atoms with Crippen LogP contribution in [0.1, 0.15) is 17.0 Å². The fourth-order valence-electron chi connectivity index (χ4n) is 3.08. The predicted molar refractivity (Wildman–Crippen MR) is 77.0 cm³/mol. The van der Waals surface area contributed by atoms with E-state index in [-0.39, 0.29) is 17.7 Å². The second-order valence-electron chi connectivity index (χ2n) is 5.46. The summed E-state index contributed by atoms with van der Waals surface area (Å²) in [5, 5.41) is 0. The molecule has 1 aliphatic carbocycles. The molecule has 0 radical (unpaired) electrons. The van der Waals surface area contributed by atoms with Gasteiger partial charge in [-0.25, -0.2) is 8.42 Å². The molecule has 1 aromatic carbocycles. The zero-order chi connectivity index (χ0) is 14.2. The molecular formula is C14H20N2O3S. The van der Waals surface area contributed by atoms with Crippen molar-refractivity contribution >= 4 is 10.0 Å². The van der Waals surface area contributed by atoms with Gasteiger partial charge in [0.25, 0.3) is 0 Å². The summed E-state index contributed by atoms with van der Waals surface area (Å²) in [6.45, 7) is 1.86. The molecule has 2 atom stereocenters. The number of benzene rings is 1. The van der Waals surface area contributed by atoms with E-state index in [0.717, 1.165) is 12.0 Å². The van der Waals surface area contributed by atoms with Crippen molar-refractivity contribution in [3.05, 3.63) is 35.4 Å². The van der Waals surface area contributed by atoms with Crippen LogP contribution in [0, 0.1) is 0 Å². The summed E-state index contributed by atoms with van der Waals surface area (Å²) >= 11 is 0. The lowest BCUT2D eigenvalue weighted by Gasteiger charge is -2.28. The number of rotatable bonds is 3. The first kappa shape index (κ1) is 14.0. The van der Waals surface area contributed by atoms with Gasteiger partial charge in [-0.3, -0.25) is 0 Å². The van der Waals surface area contributed by atoms with Crippen molar-refractivity contribution in [2.24, 2.45) is 5.73 Å². The molecule has 0 amide bonds. The summed E-state index contributed by atoms with van der Waals surface area (Å²) < 4.78 is 31.8. The highest BCUT2D eigenvalue weighted by Gasteiger charge is 2.35. The van der Waals surface area contributed by atoms with Gasteiger partial charge in [-0.2, -0.15) is 4.31 Å². The van der Waals surface area contributed by atoms with Gasteiger partial charge in [0, 0.05) is 25.0 Å². The van der Waals surface area contributed by atoms with Crippen molar-refractivity contribution in [1.29, 1.82) is 0 Å². The summed E-state index contributed by atoms with van der Waals surface area (Å²) in [5.41, 5.74) is 8.44. The van der Waals surface area contributed by atoms with Crippen molar-refractivity contribution in [2.75, 3.05) is 32.1 Å². The topological polar surface area (TPSA) is 72.6 Å². The number of morpholine rings is 1. The Hall–Kier alpha value is -0.950. The number of fused-ring (bicyclic) bond motifs is 1. The van der Waals surface area contributed by atoms with Crippen LogP contribution < -0.4 is 5.73 Å². The second-order valence-corrected chi connectivity index (χ2v) is 7.48. The molecular weight excluding hydrogens is 276 g/mol. The number of nitrogens with two attached hydrogens (primary N) is 1. The van der Waals surface area contributed by atoms with Gasteiger partial charge in [0.15, 0.2) is 0 Å². The molecule has 3 rings (SSSR count). The minimum Gasteiger partial charge on any atom is -0.379 e. The van der Waals surface area contributed by atoms with Gasteiger partial charge >= 0.3 is 0 Å². The molecule has 0 spiro atoms. The highest BCUT2D eigenvalue weighted by atomic mass is 32.2. The number of hydrogen-bond donors (Lipinski definition) is 1. The molecule has 2 N–H and O–H groups in total. The summed E-state index contributed by atoms with van der Waals surface area (Å²) in [6, 6.07) is 7.86. The van der Waals surface area contributed by atoms with E-state index in [1.54, 1.807) is 0 Å². The Bertz CT molecular complexity index is 582. The quantitative estimate of drug-likeness (QED) is 0.871. The third-order valence-corrected chi connectivity index (χ3v) is 6.11. The van der Waals surface area contributed by atoms with Gasteiger partial charge in [-0.1, -0.05) is 24.3 Å². The lowest BCUT2D eigenvalue weighted by Crippen LogP contribution is -2.44. The van der Waals surface area contributed by atoms with Gasteiger partial charge in [0.05, 0.1) is 19.0 Å². The van der Waals surface area contributed by atoms with Gasteiger partial charge in [0.2, 0.25) is 10.0 Å². The standard InChI is InChI=1S/C14H20N2O3S/c15-14-9-11-3-1-2-4-12(11)13(14)10-20(17,18)16-5-7-19-8-6-16/h1-4,13-14H,5-10,15H2/t13-,14+/m0/s1. The molecule has 0 aromatic heterocycles. The Balaban J connectivity index is 1.80. The zero-order valence-corrected chi connectivity index (χ0v) is 12.2. The molecule has 20 heavy (non-hydrogen) atoms. The molecule has 0 bridgehead atoms. The van der Waals surface area contributed by atoms with Crippen molar-refractivity contribution in [1.82, 2.24) is 4.31 Å². The molecule has 1 fully saturated rings. The average molecular weight is 296 g/mol. The Morgan fingerprint density at radius 1 is 1.25 bits per heavy atom. The van der Waals surface area contributed by atoms with Crippen LogP contribution in [0.3, 0.4) is 0 Å². The van der Waals surface area contributed by atoms with E-state index in [2.05, 4.69) is 0 Å². The van der Waals surface area contributed by atoms with E-state index >= 15 is 0 Å². The SMILES string of the molecule is N[C@@H]1Cc2ccccc2[C@@H]1CS(=O)(=O)N1CCOCC1. The van der Waals surface area contributed by atoms with E-state index in [1.165, 1.54) is 9.87 Å². The summed E-state index contributed by atoms with van der Waals surface area (Å²) in [6.07, 6.45) is 0.763. The molecule has 1 aromatic rings. The molecule has 1 saturated heterocycles. The third kappa shape index (κ3) is 2.61. The maximum absolute atomic E-state index is 12.5. The zero-order valence-electron chi connectivity index (χ0n) is 11.4. The largest absolute Gasteiger partial charge is 0.379 e. The van der Waals surface area contributed by atoms with Gasteiger partial charge in [0.1, 0.15) is 0 Å². The molecule has 6 heteroatoms. The van der Waals surface area contributed by atoms with Crippen molar-refractivity contribution in [3.8, 4) is 0 Å². The Morgan fingerprint density at radius 3 is 2.70 bits per heavy atom. The predicted octanol–water partition coefficient (Wildman–Crippen LogP) is 0.316. The van der Waals surface area contributed by atoms with Crippen molar-refractivity contribution in [2.45, 2.75) is 18.4 Å². The van der Waals surface area contributed by atoms with Crippen LogP contribution >= 0.6 is 0 Å².